The van der Waals surface area contributed by atoms with Crippen molar-refractivity contribution < 1.29 is 18.3 Å². The summed E-state index contributed by atoms with van der Waals surface area (Å²) in [4.78, 5) is 11.0. The molecule has 1 aromatic rings. The molecule has 1 aromatic carbocycles. The van der Waals surface area contributed by atoms with E-state index in [-0.39, 0.29) is 18.2 Å². The van der Waals surface area contributed by atoms with Crippen molar-refractivity contribution in [1.29, 1.82) is 0 Å². The monoisotopic (exact) mass is 298 g/mol. The molecule has 1 heterocycles. The Labute approximate surface area is 118 Å². The van der Waals surface area contributed by atoms with E-state index in [0.29, 0.717) is 13.0 Å². The van der Waals surface area contributed by atoms with Crippen molar-refractivity contribution in [1.82, 2.24) is 9.03 Å². The van der Waals surface area contributed by atoms with Crippen LogP contribution < -0.4 is 4.72 Å². The lowest BCUT2D eigenvalue weighted by Crippen LogP contribution is -2.45. The molecule has 6 nitrogen and oxygen atoms in total. The van der Waals surface area contributed by atoms with Crippen molar-refractivity contribution in [3.63, 3.8) is 0 Å². The van der Waals surface area contributed by atoms with Crippen LogP contribution in [0.25, 0.3) is 0 Å². The molecule has 0 amide bonds. The summed E-state index contributed by atoms with van der Waals surface area (Å²) in [5.74, 6) is -1.01. The van der Waals surface area contributed by atoms with Gasteiger partial charge in [-0.3, -0.25) is 0 Å². The topological polar surface area (TPSA) is 86.7 Å². The smallest absolute Gasteiger partial charge is 0.335 e. The van der Waals surface area contributed by atoms with Gasteiger partial charge >= 0.3 is 5.97 Å². The average molecular weight is 298 g/mol. The lowest BCUT2D eigenvalue weighted by molar-refractivity contribution is 0.0696. The van der Waals surface area contributed by atoms with E-state index in [1.807, 2.05) is 0 Å². The maximum absolute atomic E-state index is 12.1. The van der Waals surface area contributed by atoms with Crippen molar-refractivity contribution in [2.24, 2.45) is 0 Å². The van der Waals surface area contributed by atoms with Gasteiger partial charge in [-0.2, -0.15) is 17.4 Å². The lowest BCUT2D eigenvalue weighted by Gasteiger charge is -2.29. The van der Waals surface area contributed by atoms with Gasteiger partial charge in [-0.05, 0) is 43.5 Å². The standard InChI is InChI=1S/C13H18N2O4S/c1-9(2)14-20(18,19)15-6-5-10-3-4-11(13(16)17)7-12(10)8-15/h3-4,7,9,14H,5-6,8H2,1-2H3,(H,16,17). The molecule has 0 bridgehead atoms. The van der Waals surface area contributed by atoms with Crippen molar-refractivity contribution in [2.75, 3.05) is 6.54 Å². The highest BCUT2D eigenvalue weighted by Crippen LogP contribution is 2.22. The van der Waals surface area contributed by atoms with Crippen LogP contribution in [0.1, 0.15) is 35.3 Å². The van der Waals surface area contributed by atoms with E-state index in [2.05, 4.69) is 4.72 Å². The summed E-state index contributed by atoms with van der Waals surface area (Å²) in [6.07, 6.45) is 0.592. The van der Waals surface area contributed by atoms with Gasteiger partial charge in [0.15, 0.2) is 0 Å². The highest BCUT2D eigenvalue weighted by Gasteiger charge is 2.27. The van der Waals surface area contributed by atoms with Gasteiger partial charge in [-0.15, -0.1) is 0 Å². The van der Waals surface area contributed by atoms with Crippen LogP contribution in [0, 0.1) is 0 Å². The number of benzene rings is 1. The Hall–Kier alpha value is -1.44. The number of rotatable bonds is 4. The van der Waals surface area contributed by atoms with E-state index >= 15 is 0 Å². The molecular weight excluding hydrogens is 280 g/mol. The number of carboxylic acids is 1. The molecule has 0 atom stereocenters. The summed E-state index contributed by atoms with van der Waals surface area (Å²) in [6, 6.07) is 4.69. The number of aromatic carboxylic acids is 1. The van der Waals surface area contributed by atoms with Crippen LogP contribution in [0.5, 0.6) is 0 Å². The molecular formula is C13H18N2O4S. The summed E-state index contributed by atoms with van der Waals surface area (Å²) in [6.45, 7) is 4.13. The first kappa shape index (κ1) is 15.0. The Morgan fingerprint density at radius 3 is 2.65 bits per heavy atom. The Morgan fingerprint density at radius 1 is 1.35 bits per heavy atom. The van der Waals surface area contributed by atoms with Crippen LogP contribution in [0.2, 0.25) is 0 Å². The van der Waals surface area contributed by atoms with Gasteiger partial charge in [0, 0.05) is 19.1 Å². The fourth-order valence-corrected chi connectivity index (χ4v) is 3.63. The molecule has 2 N–H and O–H groups in total. The summed E-state index contributed by atoms with van der Waals surface area (Å²) in [5.41, 5.74) is 1.94. The number of fused-ring (bicyclic) bond motifs is 1. The fourth-order valence-electron chi connectivity index (χ4n) is 2.24. The molecule has 0 spiro atoms. The van der Waals surface area contributed by atoms with Crippen molar-refractivity contribution in [3.8, 4) is 0 Å². The van der Waals surface area contributed by atoms with Crippen LogP contribution in [-0.2, 0) is 23.2 Å². The van der Waals surface area contributed by atoms with E-state index in [1.165, 1.54) is 4.31 Å². The largest absolute Gasteiger partial charge is 0.478 e. The summed E-state index contributed by atoms with van der Waals surface area (Å²) in [5, 5.41) is 8.99. The molecule has 0 saturated carbocycles. The van der Waals surface area contributed by atoms with Crippen LogP contribution in [0.4, 0.5) is 0 Å². The highest BCUT2D eigenvalue weighted by molar-refractivity contribution is 7.87. The summed E-state index contributed by atoms with van der Waals surface area (Å²) in [7, 11) is -3.52. The minimum Gasteiger partial charge on any atom is -0.478 e. The van der Waals surface area contributed by atoms with E-state index in [4.69, 9.17) is 5.11 Å². The highest BCUT2D eigenvalue weighted by atomic mass is 32.2. The Kier molecular flexibility index (Phi) is 4.12. The molecule has 2 rings (SSSR count). The second-order valence-corrected chi connectivity index (χ2v) is 6.85. The number of carboxylic acid groups (broad SMARTS) is 1. The molecule has 0 radical (unpaired) electrons. The normalized spacial score (nSPS) is 16.1. The van der Waals surface area contributed by atoms with Gasteiger partial charge in [0.05, 0.1) is 5.56 Å². The molecule has 0 saturated heterocycles. The SMILES string of the molecule is CC(C)NS(=O)(=O)N1CCc2ccc(C(=O)O)cc2C1. The van der Waals surface area contributed by atoms with Crippen LogP contribution in [0.3, 0.4) is 0 Å². The third kappa shape index (κ3) is 3.17. The first-order chi connectivity index (χ1) is 9.29. The fraction of sp³-hybridized carbons (Fsp3) is 0.462. The van der Waals surface area contributed by atoms with Gasteiger partial charge < -0.3 is 5.11 Å². The minimum atomic E-state index is -3.52. The minimum absolute atomic E-state index is 0.174. The van der Waals surface area contributed by atoms with Crippen LogP contribution >= 0.6 is 0 Å². The third-order valence-corrected chi connectivity index (χ3v) is 4.92. The maximum Gasteiger partial charge on any atom is 0.335 e. The maximum atomic E-state index is 12.1. The third-order valence-electron chi connectivity index (χ3n) is 3.16. The molecule has 0 aromatic heterocycles. The van der Waals surface area contributed by atoms with Crippen molar-refractivity contribution in [3.05, 3.63) is 34.9 Å². The lowest BCUT2D eigenvalue weighted by atomic mass is 9.99. The zero-order chi connectivity index (χ0) is 14.9. The second-order valence-electron chi connectivity index (χ2n) is 5.15. The molecule has 7 heteroatoms. The molecule has 0 unspecified atom stereocenters. The zero-order valence-electron chi connectivity index (χ0n) is 11.5. The summed E-state index contributed by atoms with van der Waals surface area (Å²) >= 11 is 0. The number of carbonyl (C=O) groups is 1. The predicted molar refractivity (Wildman–Crippen MR) is 74.7 cm³/mol. The molecule has 1 aliphatic rings. The number of nitrogens with zero attached hydrogens (tertiary/aromatic N) is 1. The second kappa shape index (κ2) is 5.51. The van der Waals surface area contributed by atoms with Gasteiger partial charge in [-0.1, -0.05) is 6.07 Å². The average Bonchev–Trinajstić information content (AvgIpc) is 2.35. The molecule has 0 fully saturated rings. The quantitative estimate of drug-likeness (QED) is 0.867. The van der Waals surface area contributed by atoms with Crippen LogP contribution in [-0.4, -0.2) is 36.4 Å². The van der Waals surface area contributed by atoms with Gasteiger partial charge in [-0.25, -0.2) is 4.79 Å². The predicted octanol–water partition coefficient (Wildman–Crippen LogP) is 0.986. The van der Waals surface area contributed by atoms with E-state index in [0.717, 1.165) is 11.1 Å². The first-order valence-corrected chi connectivity index (χ1v) is 7.86. The van der Waals surface area contributed by atoms with Gasteiger partial charge in [0.1, 0.15) is 0 Å². The molecule has 110 valence electrons. The Balaban J connectivity index is 2.26. The van der Waals surface area contributed by atoms with E-state index < -0.39 is 16.2 Å². The Bertz CT molecular complexity index is 625. The Morgan fingerprint density at radius 2 is 2.05 bits per heavy atom. The van der Waals surface area contributed by atoms with E-state index in [9.17, 15) is 13.2 Å². The van der Waals surface area contributed by atoms with Gasteiger partial charge in [0.25, 0.3) is 10.2 Å². The molecule has 0 aliphatic carbocycles. The van der Waals surface area contributed by atoms with Crippen molar-refractivity contribution in [2.45, 2.75) is 32.9 Å². The van der Waals surface area contributed by atoms with E-state index in [1.54, 1.807) is 32.0 Å². The number of nitrogens with one attached hydrogen (secondary N) is 1. The molecule has 1 aliphatic heterocycles. The van der Waals surface area contributed by atoms with Crippen molar-refractivity contribution >= 4 is 16.2 Å². The zero-order valence-corrected chi connectivity index (χ0v) is 12.3. The number of hydrogen-bond acceptors (Lipinski definition) is 3. The number of hydrogen-bond donors (Lipinski definition) is 2. The molecule has 20 heavy (non-hydrogen) atoms. The first-order valence-electron chi connectivity index (χ1n) is 6.42. The van der Waals surface area contributed by atoms with Gasteiger partial charge in [0.2, 0.25) is 0 Å². The summed E-state index contributed by atoms with van der Waals surface area (Å²) < 4.78 is 28.1. The van der Waals surface area contributed by atoms with Crippen LogP contribution in [0.15, 0.2) is 18.2 Å².